The molecule has 2 atom stereocenters. The fraction of sp³-hybridized carbons (Fsp3) is 0.235. The van der Waals surface area contributed by atoms with Gasteiger partial charge in [0.25, 0.3) is 0 Å². The standard InChI is InChI=1S/C17H16BrN3O/c18-12-5-6-16-19-8-13(21(16)10-12)9-20-17-14-4-2-1-3-11(14)7-15(17)22/h1-6,8,10,15,17,20,22H,7,9H2/t15-,17+/m0/s1. The van der Waals surface area contributed by atoms with Gasteiger partial charge in [-0.25, -0.2) is 4.98 Å². The maximum atomic E-state index is 10.3. The van der Waals surface area contributed by atoms with Gasteiger partial charge in [0.05, 0.1) is 24.0 Å². The summed E-state index contributed by atoms with van der Waals surface area (Å²) in [7, 11) is 0. The summed E-state index contributed by atoms with van der Waals surface area (Å²) in [6, 6.07) is 12.2. The highest BCUT2D eigenvalue weighted by atomic mass is 79.9. The maximum Gasteiger partial charge on any atom is 0.136 e. The van der Waals surface area contributed by atoms with Crippen molar-refractivity contribution >= 4 is 21.6 Å². The molecule has 2 N–H and O–H groups in total. The predicted molar refractivity (Wildman–Crippen MR) is 88.6 cm³/mol. The van der Waals surface area contributed by atoms with Crippen LogP contribution in [0, 0.1) is 0 Å². The van der Waals surface area contributed by atoms with Crippen molar-refractivity contribution in [1.29, 1.82) is 0 Å². The van der Waals surface area contributed by atoms with E-state index in [1.54, 1.807) is 0 Å². The van der Waals surface area contributed by atoms with Crippen molar-refractivity contribution in [2.75, 3.05) is 0 Å². The second-order valence-electron chi connectivity index (χ2n) is 5.65. The second-order valence-corrected chi connectivity index (χ2v) is 6.57. The summed E-state index contributed by atoms with van der Waals surface area (Å²) in [4.78, 5) is 4.41. The first-order valence-corrected chi connectivity index (χ1v) is 8.12. The Morgan fingerprint density at radius 2 is 2.14 bits per heavy atom. The molecule has 0 fully saturated rings. The van der Waals surface area contributed by atoms with E-state index in [2.05, 4.69) is 42.8 Å². The number of rotatable bonds is 3. The van der Waals surface area contributed by atoms with Gasteiger partial charge in [-0.15, -0.1) is 0 Å². The van der Waals surface area contributed by atoms with E-state index in [1.807, 2.05) is 36.7 Å². The molecular weight excluding hydrogens is 342 g/mol. The minimum Gasteiger partial charge on any atom is -0.391 e. The lowest BCUT2D eigenvalue weighted by Gasteiger charge is -2.17. The maximum absolute atomic E-state index is 10.3. The van der Waals surface area contributed by atoms with Gasteiger partial charge >= 0.3 is 0 Å². The fourth-order valence-electron chi connectivity index (χ4n) is 3.17. The molecule has 1 aliphatic carbocycles. The number of hydrogen-bond acceptors (Lipinski definition) is 3. The summed E-state index contributed by atoms with van der Waals surface area (Å²) in [6.07, 6.45) is 4.23. The van der Waals surface area contributed by atoms with E-state index in [0.29, 0.717) is 13.0 Å². The molecule has 2 aromatic heterocycles. The van der Waals surface area contributed by atoms with Gasteiger partial charge in [-0.1, -0.05) is 24.3 Å². The third kappa shape index (κ3) is 2.35. The lowest BCUT2D eigenvalue weighted by Crippen LogP contribution is -2.28. The quantitative estimate of drug-likeness (QED) is 0.757. The van der Waals surface area contributed by atoms with Crippen LogP contribution < -0.4 is 5.32 Å². The Morgan fingerprint density at radius 1 is 1.27 bits per heavy atom. The van der Waals surface area contributed by atoms with Crippen molar-refractivity contribution in [1.82, 2.24) is 14.7 Å². The van der Waals surface area contributed by atoms with Crippen molar-refractivity contribution in [3.63, 3.8) is 0 Å². The minimum absolute atomic E-state index is 0.0195. The minimum atomic E-state index is -0.372. The zero-order chi connectivity index (χ0) is 15.1. The van der Waals surface area contributed by atoms with Crippen LogP contribution in [0.5, 0.6) is 0 Å². The van der Waals surface area contributed by atoms with E-state index in [1.165, 1.54) is 11.1 Å². The molecule has 4 rings (SSSR count). The van der Waals surface area contributed by atoms with E-state index in [9.17, 15) is 5.11 Å². The summed E-state index contributed by atoms with van der Waals surface area (Å²) >= 11 is 3.49. The molecule has 0 bridgehead atoms. The number of imidazole rings is 1. The zero-order valence-corrected chi connectivity index (χ0v) is 13.5. The van der Waals surface area contributed by atoms with E-state index in [4.69, 9.17) is 0 Å². The first kappa shape index (κ1) is 13.9. The molecule has 3 aromatic rings. The van der Waals surface area contributed by atoms with Gasteiger partial charge in [0.15, 0.2) is 0 Å². The molecule has 0 saturated carbocycles. The highest BCUT2D eigenvalue weighted by Crippen LogP contribution is 2.31. The Labute approximate surface area is 136 Å². The number of fused-ring (bicyclic) bond motifs is 2. The molecule has 0 spiro atoms. The van der Waals surface area contributed by atoms with Crippen molar-refractivity contribution < 1.29 is 5.11 Å². The predicted octanol–water partition coefficient (Wildman–Crippen LogP) is 2.84. The van der Waals surface area contributed by atoms with Gasteiger partial charge in [0, 0.05) is 23.6 Å². The van der Waals surface area contributed by atoms with E-state index in [-0.39, 0.29) is 12.1 Å². The average Bonchev–Trinajstić information content (AvgIpc) is 3.05. The van der Waals surface area contributed by atoms with Crippen LogP contribution in [0.15, 0.2) is 53.3 Å². The number of aliphatic hydroxyl groups excluding tert-OH is 1. The van der Waals surface area contributed by atoms with Crippen LogP contribution in [0.4, 0.5) is 0 Å². The third-order valence-corrected chi connectivity index (χ3v) is 4.72. The Balaban J connectivity index is 1.58. The Hall–Kier alpha value is -1.69. The summed E-state index contributed by atoms with van der Waals surface area (Å²) < 4.78 is 3.08. The van der Waals surface area contributed by atoms with Crippen LogP contribution >= 0.6 is 15.9 Å². The third-order valence-electron chi connectivity index (χ3n) is 4.25. The molecule has 0 unspecified atom stereocenters. The molecule has 0 aliphatic heterocycles. The van der Waals surface area contributed by atoms with Crippen molar-refractivity contribution in [2.24, 2.45) is 0 Å². The van der Waals surface area contributed by atoms with Crippen molar-refractivity contribution in [3.8, 4) is 0 Å². The molecular formula is C17H16BrN3O. The number of pyridine rings is 1. The molecule has 1 aliphatic rings. The Bertz CT molecular complexity index is 830. The largest absolute Gasteiger partial charge is 0.391 e. The van der Waals surface area contributed by atoms with Gasteiger partial charge < -0.3 is 14.8 Å². The molecule has 5 heteroatoms. The molecule has 4 nitrogen and oxygen atoms in total. The number of aliphatic hydroxyl groups is 1. The number of halogens is 1. The van der Waals surface area contributed by atoms with Crippen LogP contribution in [0.2, 0.25) is 0 Å². The van der Waals surface area contributed by atoms with Crippen LogP contribution in [-0.2, 0) is 13.0 Å². The molecule has 0 radical (unpaired) electrons. The van der Waals surface area contributed by atoms with Crippen LogP contribution in [-0.4, -0.2) is 20.6 Å². The summed E-state index contributed by atoms with van der Waals surface area (Å²) in [5.41, 5.74) is 4.43. The van der Waals surface area contributed by atoms with Gasteiger partial charge in [-0.05, 0) is 39.2 Å². The zero-order valence-electron chi connectivity index (χ0n) is 11.9. The monoisotopic (exact) mass is 357 g/mol. The first-order valence-electron chi connectivity index (χ1n) is 7.33. The summed E-state index contributed by atoms with van der Waals surface area (Å²) in [5, 5.41) is 13.8. The second kappa shape index (κ2) is 5.50. The average molecular weight is 358 g/mol. The molecule has 2 heterocycles. The molecule has 22 heavy (non-hydrogen) atoms. The number of nitrogens with one attached hydrogen (secondary N) is 1. The summed E-state index contributed by atoms with van der Waals surface area (Å²) in [6.45, 7) is 0.660. The summed E-state index contributed by atoms with van der Waals surface area (Å²) in [5.74, 6) is 0. The van der Waals surface area contributed by atoms with Crippen molar-refractivity contribution in [2.45, 2.75) is 25.1 Å². The van der Waals surface area contributed by atoms with E-state index in [0.717, 1.165) is 15.8 Å². The SMILES string of the molecule is O[C@H]1Cc2ccccc2[C@H]1NCc1cnc2ccc(Br)cn12. The molecule has 1 aromatic carbocycles. The van der Waals surface area contributed by atoms with Gasteiger partial charge in [0.2, 0.25) is 0 Å². The van der Waals surface area contributed by atoms with Gasteiger partial charge in [-0.2, -0.15) is 0 Å². The normalized spacial score (nSPS) is 20.5. The highest BCUT2D eigenvalue weighted by Gasteiger charge is 2.30. The fourth-order valence-corrected chi connectivity index (χ4v) is 3.51. The number of hydrogen-bond donors (Lipinski definition) is 2. The number of benzene rings is 1. The smallest absolute Gasteiger partial charge is 0.136 e. The lowest BCUT2D eigenvalue weighted by molar-refractivity contribution is 0.140. The lowest BCUT2D eigenvalue weighted by atomic mass is 10.1. The van der Waals surface area contributed by atoms with Gasteiger partial charge in [0.1, 0.15) is 5.65 Å². The topological polar surface area (TPSA) is 49.6 Å². The molecule has 0 amide bonds. The van der Waals surface area contributed by atoms with E-state index < -0.39 is 0 Å². The Kier molecular flexibility index (Phi) is 3.48. The highest BCUT2D eigenvalue weighted by molar-refractivity contribution is 9.10. The van der Waals surface area contributed by atoms with Crippen LogP contribution in [0.1, 0.15) is 22.9 Å². The van der Waals surface area contributed by atoms with Gasteiger partial charge in [-0.3, -0.25) is 0 Å². The van der Waals surface area contributed by atoms with Crippen LogP contribution in [0.3, 0.4) is 0 Å². The van der Waals surface area contributed by atoms with Crippen molar-refractivity contribution in [3.05, 3.63) is 70.1 Å². The number of nitrogens with zero attached hydrogens (tertiary/aromatic N) is 2. The molecule has 0 saturated heterocycles. The first-order chi connectivity index (χ1) is 10.7. The van der Waals surface area contributed by atoms with E-state index >= 15 is 0 Å². The Morgan fingerprint density at radius 3 is 3.05 bits per heavy atom. The number of aromatic nitrogens is 2. The molecule has 112 valence electrons. The van der Waals surface area contributed by atoms with Crippen LogP contribution in [0.25, 0.3) is 5.65 Å².